The minimum Gasteiger partial charge on any atom is -0.296 e. The van der Waals surface area contributed by atoms with Gasteiger partial charge in [0.1, 0.15) is 0 Å². The molecule has 0 spiro atoms. The van der Waals surface area contributed by atoms with Crippen LogP contribution >= 0.6 is 0 Å². The molecule has 1 aromatic rings. The van der Waals surface area contributed by atoms with Gasteiger partial charge in [0, 0.05) is 19.1 Å². The minimum absolute atomic E-state index is 0.645. The van der Waals surface area contributed by atoms with Crippen LogP contribution in [0.25, 0.3) is 0 Å². The molecule has 1 heterocycles. The van der Waals surface area contributed by atoms with Crippen LogP contribution in [0.5, 0.6) is 0 Å². The van der Waals surface area contributed by atoms with Crippen molar-refractivity contribution >= 4 is 0 Å². The highest BCUT2D eigenvalue weighted by Crippen LogP contribution is 2.15. The van der Waals surface area contributed by atoms with Gasteiger partial charge in [0.15, 0.2) is 0 Å². The molecule has 0 saturated carbocycles. The van der Waals surface area contributed by atoms with Crippen LogP contribution in [-0.2, 0) is 6.42 Å². The van der Waals surface area contributed by atoms with Gasteiger partial charge < -0.3 is 0 Å². The summed E-state index contributed by atoms with van der Waals surface area (Å²) in [6.45, 7) is 6.91. The number of benzene rings is 1. The van der Waals surface area contributed by atoms with E-state index in [1.54, 1.807) is 5.57 Å². The van der Waals surface area contributed by atoms with E-state index in [2.05, 4.69) is 55.2 Å². The molecule has 1 unspecified atom stereocenters. The zero-order valence-corrected chi connectivity index (χ0v) is 10.3. The van der Waals surface area contributed by atoms with Crippen LogP contribution in [0.1, 0.15) is 25.8 Å². The first-order valence-corrected chi connectivity index (χ1v) is 6.19. The summed E-state index contributed by atoms with van der Waals surface area (Å²) in [7, 11) is 0. The molecule has 0 fully saturated rings. The van der Waals surface area contributed by atoms with Gasteiger partial charge in [0.2, 0.25) is 0 Å². The summed E-state index contributed by atoms with van der Waals surface area (Å²) in [5.41, 5.74) is 2.99. The molecule has 1 aliphatic heterocycles. The summed E-state index contributed by atoms with van der Waals surface area (Å²) >= 11 is 0. The van der Waals surface area contributed by atoms with E-state index in [-0.39, 0.29) is 0 Å². The van der Waals surface area contributed by atoms with Crippen LogP contribution in [0, 0.1) is 0 Å². The van der Waals surface area contributed by atoms with E-state index in [1.165, 1.54) is 18.5 Å². The molecule has 0 aliphatic carbocycles. The second-order valence-electron chi connectivity index (χ2n) is 4.83. The summed E-state index contributed by atoms with van der Waals surface area (Å²) in [6, 6.07) is 11.4. The third-order valence-electron chi connectivity index (χ3n) is 3.46. The maximum absolute atomic E-state index is 2.57. The van der Waals surface area contributed by atoms with Gasteiger partial charge in [-0.25, -0.2) is 0 Å². The second kappa shape index (κ2) is 5.31. The first kappa shape index (κ1) is 11.4. The Hall–Kier alpha value is -1.08. The fourth-order valence-corrected chi connectivity index (χ4v) is 2.27. The summed E-state index contributed by atoms with van der Waals surface area (Å²) in [6.07, 6.45) is 4.76. The van der Waals surface area contributed by atoms with Crippen molar-refractivity contribution in [1.82, 2.24) is 4.90 Å². The number of nitrogens with zero attached hydrogens (tertiary/aromatic N) is 1. The molecular weight excluding hydrogens is 194 g/mol. The topological polar surface area (TPSA) is 3.24 Å². The Labute approximate surface area is 98.8 Å². The molecule has 1 atom stereocenters. The third-order valence-corrected chi connectivity index (χ3v) is 3.46. The van der Waals surface area contributed by atoms with Crippen molar-refractivity contribution in [1.29, 1.82) is 0 Å². The largest absolute Gasteiger partial charge is 0.296 e. The Morgan fingerprint density at radius 2 is 2.00 bits per heavy atom. The molecule has 1 heteroatoms. The van der Waals surface area contributed by atoms with Crippen LogP contribution in [0.15, 0.2) is 42.0 Å². The van der Waals surface area contributed by atoms with Crippen LogP contribution in [0.4, 0.5) is 0 Å². The lowest BCUT2D eigenvalue weighted by Crippen LogP contribution is -2.37. The third kappa shape index (κ3) is 2.96. The zero-order valence-electron chi connectivity index (χ0n) is 10.3. The Bertz CT molecular complexity index is 353. The van der Waals surface area contributed by atoms with Gasteiger partial charge in [-0.3, -0.25) is 4.90 Å². The second-order valence-corrected chi connectivity index (χ2v) is 4.83. The Balaban J connectivity index is 1.91. The van der Waals surface area contributed by atoms with Crippen molar-refractivity contribution in [3.63, 3.8) is 0 Å². The van der Waals surface area contributed by atoms with Gasteiger partial charge in [0.25, 0.3) is 0 Å². The quantitative estimate of drug-likeness (QED) is 0.699. The van der Waals surface area contributed by atoms with E-state index < -0.39 is 0 Å². The molecule has 1 nitrogen and oxygen atoms in total. The standard InChI is InChI=1S/C15H21N/c1-13-8-10-16(11-9-13)14(2)12-15-6-4-3-5-7-15/h3-8,14H,9-12H2,1-2H3. The van der Waals surface area contributed by atoms with E-state index in [1.807, 2.05) is 0 Å². The lowest BCUT2D eigenvalue weighted by molar-refractivity contribution is 0.223. The van der Waals surface area contributed by atoms with Gasteiger partial charge in [-0.05, 0) is 32.3 Å². The monoisotopic (exact) mass is 215 g/mol. The first-order valence-electron chi connectivity index (χ1n) is 6.19. The lowest BCUT2D eigenvalue weighted by atomic mass is 10.0. The van der Waals surface area contributed by atoms with Crippen LogP contribution in [0.2, 0.25) is 0 Å². The fraction of sp³-hybridized carbons (Fsp3) is 0.467. The molecular formula is C15H21N. The van der Waals surface area contributed by atoms with E-state index in [0.29, 0.717) is 6.04 Å². The van der Waals surface area contributed by atoms with E-state index in [0.717, 1.165) is 13.0 Å². The lowest BCUT2D eigenvalue weighted by Gasteiger charge is -2.31. The highest BCUT2D eigenvalue weighted by Gasteiger charge is 2.15. The Morgan fingerprint density at radius 3 is 2.62 bits per heavy atom. The van der Waals surface area contributed by atoms with Gasteiger partial charge in [-0.2, -0.15) is 0 Å². The number of hydrogen-bond donors (Lipinski definition) is 0. The van der Waals surface area contributed by atoms with Crippen LogP contribution in [-0.4, -0.2) is 24.0 Å². The molecule has 0 N–H and O–H groups in total. The number of rotatable bonds is 3. The van der Waals surface area contributed by atoms with Gasteiger partial charge in [0.05, 0.1) is 0 Å². The zero-order chi connectivity index (χ0) is 11.4. The average molecular weight is 215 g/mol. The summed E-state index contributed by atoms with van der Waals surface area (Å²) in [4.78, 5) is 2.57. The highest BCUT2D eigenvalue weighted by molar-refractivity contribution is 5.16. The maximum atomic E-state index is 2.57. The normalized spacial score (nSPS) is 19.2. The smallest absolute Gasteiger partial charge is 0.0168 e. The molecule has 0 saturated heterocycles. The number of hydrogen-bond acceptors (Lipinski definition) is 1. The molecule has 1 aliphatic rings. The molecule has 16 heavy (non-hydrogen) atoms. The molecule has 0 bridgehead atoms. The predicted molar refractivity (Wildman–Crippen MR) is 69.6 cm³/mol. The summed E-state index contributed by atoms with van der Waals surface area (Å²) in [5, 5.41) is 0. The Morgan fingerprint density at radius 1 is 1.25 bits per heavy atom. The summed E-state index contributed by atoms with van der Waals surface area (Å²) < 4.78 is 0. The molecule has 0 radical (unpaired) electrons. The van der Waals surface area contributed by atoms with E-state index in [4.69, 9.17) is 0 Å². The Kier molecular flexibility index (Phi) is 3.79. The molecule has 86 valence electrons. The van der Waals surface area contributed by atoms with Gasteiger partial charge in [-0.15, -0.1) is 0 Å². The average Bonchev–Trinajstić information content (AvgIpc) is 2.31. The molecule has 1 aromatic carbocycles. The minimum atomic E-state index is 0.645. The van der Waals surface area contributed by atoms with Crippen molar-refractivity contribution in [3.05, 3.63) is 47.5 Å². The van der Waals surface area contributed by atoms with Crippen molar-refractivity contribution in [2.45, 2.75) is 32.7 Å². The molecule has 0 aromatic heterocycles. The van der Waals surface area contributed by atoms with Gasteiger partial charge >= 0.3 is 0 Å². The summed E-state index contributed by atoms with van der Waals surface area (Å²) in [5.74, 6) is 0. The van der Waals surface area contributed by atoms with Gasteiger partial charge in [-0.1, -0.05) is 42.0 Å². The molecule has 0 amide bonds. The van der Waals surface area contributed by atoms with Crippen LogP contribution < -0.4 is 0 Å². The van der Waals surface area contributed by atoms with Crippen molar-refractivity contribution < 1.29 is 0 Å². The van der Waals surface area contributed by atoms with Crippen LogP contribution in [0.3, 0.4) is 0 Å². The van der Waals surface area contributed by atoms with Crippen molar-refractivity contribution in [3.8, 4) is 0 Å². The highest BCUT2D eigenvalue weighted by atomic mass is 15.1. The first-order chi connectivity index (χ1) is 7.75. The molecule has 2 rings (SSSR count). The van der Waals surface area contributed by atoms with Crippen molar-refractivity contribution in [2.24, 2.45) is 0 Å². The van der Waals surface area contributed by atoms with E-state index >= 15 is 0 Å². The fourth-order valence-electron chi connectivity index (χ4n) is 2.27. The SMILES string of the molecule is CC1=CCN(C(C)Cc2ccccc2)CC1. The maximum Gasteiger partial charge on any atom is 0.0168 e. The van der Waals surface area contributed by atoms with E-state index in [9.17, 15) is 0 Å². The van der Waals surface area contributed by atoms with Crippen molar-refractivity contribution in [2.75, 3.05) is 13.1 Å². The predicted octanol–water partition coefficient (Wildman–Crippen LogP) is 3.27.